The van der Waals surface area contributed by atoms with Gasteiger partial charge in [-0.1, -0.05) is 54.1 Å². The second kappa shape index (κ2) is 9.62. The fourth-order valence-corrected chi connectivity index (χ4v) is 3.46. The van der Waals surface area contributed by atoms with E-state index >= 15 is 0 Å². The molecule has 0 fully saturated rings. The number of aryl methyl sites for hydroxylation is 1. The van der Waals surface area contributed by atoms with Crippen LogP contribution >= 0.6 is 15.9 Å². The van der Waals surface area contributed by atoms with E-state index < -0.39 is 0 Å². The highest BCUT2D eigenvalue weighted by molar-refractivity contribution is 9.10. The van der Waals surface area contributed by atoms with Gasteiger partial charge in [0.15, 0.2) is 5.82 Å². The summed E-state index contributed by atoms with van der Waals surface area (Å²) in [6, 6.07) is 25.2. The number of nitrogens with zero attached hydrogens (tertiary/aromatic N) is 2. The molecule has 156 valence electrons. The van der Waals surface area contributed by atoms with E-state index in [2.05, 4.69) is 57.5 Å². The molecule has 0 aliphatic rings. The first-order valence-electron chi connectivity index (χ1n) is 9.93. The van der Waals surface area contributed by atoms with Crippen LogP contribution in [0.1, 0.15) is 27.0 Å². The SMILES string of the molecule is Cc1ccc(Cn2ccc(NC(=O)c3ccc(COc4ccccc4Br)cc3)n2)cc1. The van der Waals surface area contributed by atoms with E-state index in [1.807, 2.05) is 47.3 Å². The van der Waals surface area contributed by atoms with Crippen LogP contribution in [-0.2, 0) is 13.2 Å². The summed E-state index contributed by atoms with van der Waals surface area (Å²) in [5.74, 6) is 1.11. The second-order valence-corrected chi connectivity index (χ2v) is 8.11. The number of hydrogen-bond donors (Lipinski definition) is 1. The highest BCUT2D eigenvalue weighted by Gasteiger charge is 2.09. The van der Waals surface area contributed by atoms with Crippen LogP contribution in [-0.4, -0.2) is 15.7 Å². The topological polar surface area (TPSA) is 56.2 Å². The molecule has 4 rings (SSSR count). The molecule has 0 aliphatic carbocycles. The van der Waals surface area contributed by atoms with Crippen molar-refractivity contribution in [3.8, 4) is 5.75 Å². The smallest absolute Gasteiger partial charge is 0.256 e. The van der Waals surface area contributed by atoms with Gasteiger partial charge in [0.05, 0.1) is 11.0 Å². The van der Waals surface area contributed by atoms with Gasteiger partial charge < -0.3 is 10.1 Å². The van der Waals surface area contributed by atoms with Gasteiger partial charge in [0.1, 0.15) is 12.4 Å². The third-order valence-electron chi connectivity index (χ3n) is 4.79. The highest BCUT2D eigenvalue weighted by Crippen LogP contribution is 2.24. The maximum absolute atomic E-state index is 12.6. The zero-order valence-corrected chi connectivity index (χ0v) is 18.7. The van der Waals surface area contributed by atoms with E-state index in [0.29, 0.717) is 24.5 Å². The highest BCUT2D eigenvalue weighted by atomic mass is 79.9. The molecule has 31 heavy (non-hydrogen) atoms. The zero-order chi connectivity index (χ0) is 21.6. The number of carbonyl (C=O) groups is 1. The van der Waals surface area contributed by atoms with Gasteiger partial charge in [-0.15, -0.1) is 0 Å². The maximum Gasteiger partial charge on any atom is 0.256 e. The summed E-state index contributed by atoms with van der Waals surface area (Å²) in [6.07, 6.45) is 1.86. The molecule has 0 radical (unpaired) electrons. The molecule has 0 saturated heterocycles. The maximum atomic E-state index is 12.6. The molecule has 6 heteroatoms. The summed E-state index contributed by atoms with van der Waals surface area (Å²) in [7, 11) is 0. The van der Waals surface area contributed by atoms with Crippen LogP contribution < -0.4 is 10.1 Å². The first-order chi connectivity index (χ1) is 15.1. The van der Waals surface area contributed by atoms with Crippen molar-refractivity contribution in [3.05, 3.63) is 112 Å². The third kappa shape index (κ3) is 5.61. The molecule has 1 aromatic heterocycles. The van der Waals surface area contributed by atoms with Gasteiger partial charge in [0.2, 0.25) is 0 Å². The summed E-state index contributed by atoms with van der Waals surface area (Å²) >= 11 is 3.47. The summed E-state index contributed by atoms with van der Waals surface area (Å²) < 4.78 is 8.53. The molecule has 1 heterocycles. The molecular formula is C25H22BrN3O2. The van der Waals surface area contributed by atoms with E-state index in [4.69, 9.17) is 4.74 Å². The second-order valence-electron chi connectivity index (χ2n) is 7.25. The number of amides is 1. The van der Waals surface area contributed by atoms with E-state index in [9.17, 15) is 4.79 Å². The fraction of sp³-hybridized carbons (Fsp3) is 0.120. The molecule has 1 amide bonds. The predicted molar refractivity (Wildman–Crippen MR) is 125 cm³/mol. The van der Waals surface area contributed by atoms with Gasteiger partial charge in [0.25, 0.3) is 5.91 Å². The Hall–Kier alpha value is -3.38. The lowest BCUT2D eigenvalue weighted by Crippen LogP contribution is -2.13. The number of aromatic nitrogens is 2. The molecular weight excluding hydrogens is 454 g/mol. The van der Waals surface area contributed by atoms with Gasteiger partial charge in [-0.3, -0.25) is 9.48 Å². The van der Waals surface area contributed by atoms with Gasteiger partial charge >= 0.3 is 0 Å². The first kappa shape index (κ1) is 20.9. The Morgan fingerprint density at radius 1 is 0.968 bits per heavy atom. The number of benzene rings is 3. The Morgan fingerprint density at radius 2 is 1.68 bits per heavy atom. The van der Waals surface area contributed by atoms with Crippen LogP contribution in [0.4, 0.5) is 5.82 Å². The molecule has 0 unspecified atom stereocenters. The predicted octanol–water partition coefficient (Wildman–Crippen LogP) is 5.83. The monoisotopic (exact) mass is 475 g/mol. The molecule has 0 bridgehead atoms. The molecule has 0 aliphatic heterocycles. The van der Waals surface area contributed by atoms with Crippen LogP contribution in [0.5, 0.6) is 5.75 Å². The van der Waals surface area contributed by atoms with Crippen LogP contribution in [0.2, 0.25) is 0 Å². The Kier molecular flexibility index (Phi) is 6.48. The lowest BCUT2D eigenvalue weighted by molar-refractivity contribution is 0.102. The summed E-state index contributed by atoms with van der Waals surface area (Å²) in [5, 5.41) is 7.29. The molecule has 0 atom stereocenters. The van der Waals surface area contributed by atoms with Gasteiger partial charge in [-0.05, 0) is 58.2 Å². The zero-order valence-electron chi connectivity index (χ0n) is 17.1. The van der Waals surface area contributed by atoms with Gasteiger partial charge in [0, 0.05) is 17.8 Å². The van der Waals surface area contributed by atoms with Gasteiger partial charge in [-0.2, -0.15) is 5.10 Å². The molecule has 5 nitrogen and oxygen atoms in total. The standard InChI is InChI=1S/C25H22BrN3O2/c1-18-6-8-19(9-7-18)16-29-15-14-24(28-29)27-25(30)21-12-10-20(11-13-21)17-31-23-5-3-2-4-22(23)26/h2-15H,16-17H2,1H3,(H,27,28,30). The quantitative estimate of drug-likeness (QED) is 0.365. The van der Waals surface area contributed by atoms with Crippen molar-refractivity contribution >= 4 is 27.7 Å². The number of nitrogens with one attached hydrogen (secondary N) is 1. The Bertz CT molecular complexity index is 1170. The van der Waals surface area contributed by atoms with Crippen LogP contribution in [0.25, 0.3) is 0 Å². The Labute approximate surface area is 189 Å². The average Bonchev–Trinajstić information content (AvgIpc) is 3.22. The lowest BCUT2D eigenvalue weighted by atomic mass is 10.1. The van der Waals surface area contributed by atoms with Crippen molar-refractivity contribution in [1.29, 1.82) is 0 Å². The van der Waals surface area contributed by atoms with E-state index in [0.717, 1.165) is 21.3 Å². The third-order valence-corrected chi connectivity index (χ3v) is 5.45. The van der Waals surface area contributed by atoms with Crippen LogP contribution in [0.3, 0.4) is 0 Å². The molecule has 3 aromatic carbocycles. The van der Waals surface area contributed by atoms with Crippen molar-refractivity contribution < 1.29 is 9.53 Å². The van der Waals surface area contributed by atoms with Crippen molar-refractivity contribution in [2.24, 2.45) is 0 Å². The van der Waals surface area contributed by atoms with Crippen molar-refractivity contribution in [1.82, 2.24) is 9.78 Å². The minimum atomic E-state index is -0.196. The van der Waals surface area contributed by atoms with Gasteiger partial charge in [-0.25, -0.2) is 0 Å². The van der Waals surface area contributed by atoms with Crippen LogP contribution in [0, 0.1) is 6.92 Å². The summed E-state index contributed by atoms with van der Waals surface area (Å²) in [5.41, 5.74) is 3.93. The van der Waals surface area contributed by atoms with Crippen LogP contribution in [0.15, 0.2) is 89.5 Å². The largest absolute Gasteiger partial charge is 0.488 e. The number of anilines is 1. The molecule has 0 spiro atoms. The van der Waals surface area contributed by atoms with Crippen molar-refractivity contribution in [2.75, 3.05) is 5.32 Å². The number of halogens is 1. The van der Waals surface area contributed by atoms with Crippen molar-refractivity contribution in [3.63, 3.8) is 0 Å². The Balaban J connectivity index is 1.33. The average molecular weight is 476 g/mol. The van der Waals surface area contributed by atoms with E-state index in [-0.39, 0.29) is 5.91 Å². The number of ether oxygens (including phenoxy) is 1. The first-order valence-corrected chi connectivity index (χ1v) is 10.7. The number of hydrogen-bond acceptors (Lipinski definition) is 3. The molecule has 0 saturated carbocycles. The summed E-state index contributed by atoms with van der Waals surface area (Å²) in [4.78, 5) is 12.6. The van der Waals surface area contributed by atoms with E-state index in [1.165, 1.54) is 5.56 Å². The normalized spacial score (nSPS) is 10.6. The number of carbonyl (C=O) groups excluding carboxylic acids is 1. The molecule has 1 N–H and O–H groups in total. The molecule has 4 aromatic rings. The van der Waals surface area contributed by atoms with Crippen molar-refractivity contribution in [2.45, 2.75) is 20.1 Å². The fourth-order valence-electron chi connectivity index (χ4n) is 3.06. The number of rotatable bonds is 7. The minimum absolute atomic E-state index is 0.196. The lowest BCUT2D eigenvalue weighted by Gasteiger charge is -2.08. The number of para-hydroxylation sites is 1. The minimum Gasteiger partial charge on any atom is -0.488 e. The van der Waals surface area contributed by atoms with E-state index in [1.54, 1.807) is 18.2 Å². The summed E-state index contributed by atoms with van der Waals surface area (Å²) in [6.45, 7) is 3.14. The Morgan fingerprint density at radius 3 is 2.42 bits per heavy atom.